The highest BCUT2D eigenvalue weighted by Crippen LogP contribution is 2.05. The molecule has 0 aliphatic carbocycles. The minimum absolute atomic E-state index is 1.09. The average molecular weight is 152 g/mol. The summed E-state index contributed by atoms with van der Waals surface area (Å²) in [6.45, 7) is 6.31. The number of hydrogen-bond donors (Lipinski definition) is 1. The Hall–Kier alpha value is -0.790. The molecule has 0 unspecified atom stereocenters. The average Bonchev–Trinajstić information content (AvgIpc) is 2.28. The van der Waals surface area contributed by atoms with Gasteiger partial charge in [-0.1, -0.05) is 13.3 Å². The van der Waals surface area contributed by atoms with Crippen molar-refractivity contribution in [2.45, 2.75) is 40.0 Å². The van der Waals surface area contributed by atoms with Crippen LogP contribution in [0.3, 0.4) is 0 Å². The first-order valence-electron chi connectivity index (χ1n) is 4.26. The molecule has 0 radical (unpaired) electrons. The van der Waals surface area contributed by atoms with Crippen LogP contribution >= 0.6 is 0 Å². The molecule has 0 saturated heterocycles. The number of unbranched alkanes of at least 4 members (excludes halogenated alkanes) is 1. The number of rotatable bonds is 3. The second kappa shape index (κ2) is 3.56. The molecule has 1 aromatic heterocycles. The van der Waals surface area contributed by atoms with E-state index < -0.39 is 0 Å². The zero-order valence-corrected chi connectivity index (χ0v) is 7.57. The van der Waals surface area contributed by atoms with E-state index in [1.54, 1.807) is 0 Å². The van der Waals surface area contributed by atoms with Gasteiger partial charge in [-0.2, -0.15) is 0 Å². The molecule has 1 aromatic rings. The normalized spacial score (nSPS) is 10.5. The van der Waals surface area contributed by atoms with Gasteiger partial charge in [0.05, 0.1) is 5.69 Å². The molecule has 1 N–H and O–H groups in total. The quantitative estimate of drug-likeness (QED) is 0.707. The highest BCUT2D eigenvalue weighted by molar-refractivity contribution is 5.10. The van der Waals surface area contributed by atoms with E-state index in [0.29, 0.717) is 0 Å². The summed E-state index contributed by atoms with van der Waals surface area (Å²) in [5.41, 5.74) is 2.34. The third-order valence-corrected chi connectivity index (χ3v) is 1.94. The highest BCUT2D eigenvalue weighted by Gasteiger charge is 2.00. The number of nitrogens with one attached hydrogen (secondary N) is 1. The van der Waals surface area contributed by atoms with Crippen LogP contribution in [0.5, 0.6) is 0 Å². The molecule has 0 atom stereocenters. The fraction of sp³-hybridized carbons (Fsp3) is 0.667. The van der Waals surface area contributed by atoms with Gasteiger partial charge in [0.15, 0.2) is 0 Å². The number of hydrogen-bond acceptors (Lipinski definition) is 1. The molecule has 11 heavy (non-hydrogen) atoms. The topological polar surface area (TPSA) is 28.7 Å². The van der Waals surface area contributed by atoms with E-state index >= 15 is 0 Å². The van der Waals surface area contributed by atoms with Crippen molar-refractivity contribution in [3.8, 4) is 0 Å². The van der Waals surface area contributed by atoms with Crippen LogP contribution in [0.4, 0.5) is 0 Å². The van der Waals surface area contributed by atoms with E-state index in [9.17, 15) is 0 Å². The largest absolute Gasteiger partial charge is 0.346 e. The minimum Gasteiger partial charge on any atom is -0.346 e. The van der Waals surface area contributed by atoms with Crippen LogP contribution in [0.25, 0.3) is 0 Å². The molecule has 1 rings (SSSR count). The second-order valence-electron chi connectivity index (χ2n) is 3.00. The van der Waals surface area contributed by atoms with Gasteiger partial charge in [-0.15, -0.1) is 0 Å². The van der Waals surface area contributed by atoms with Crippen molar-refractivity contribution < 1.29 is 0 Å². The molecule has 62 valence electrons. The van der Waals surface area contributed by atoms with Gasteiger partial charge in [0, 0.05) is 12.1 Å². The van der Waals surface area contributed by atoms with Crippen LogP contribution < -0.4 is 0 Å². The number of imidazole rings is 1. The van der Waals surface area contributed by atoms with Crippen LogP contribution in [0.15, 0.2) is 0 Å². The van der Waals surface area contributed by atoms with Crippen LogP contribution in [-0.2, 0) is 6.42 Å². The Labute approximate surface area is 68.0 Å². The standard InChI is InChI=1S/C9H16N2/c1-4-5-6-9-10-7(2)8(3)11-9/h4-6H2,1-3H3,(H,10,11). The molecule has 0 spiro atoms. The van der Waals surface area contributed by atoms with Gasteiger partial charge >= 0.3 is 0 Å². The summed E-state index contributed by atoms with van der Waals surface area (Å²) in [6, 6.07) is 0. The van der Waals surface area contributed by atoms with Crippen molar-refractivity contribution in [2.24, 2.45) is 0 Å². The molecule has 1 heterocycles. The third-order valence-electron chi connectivity index (χ3n) is 1.94. The Morgan fingerprint density at radius 1 is 1.36 bits per heavy atom. The van der Waals surface area contributed by atoms with Gasteiger partial charge < -0.3 is 4.98 Å². The lowest BCUT2D eigenvalue weighted by atomic mass is 10.2. The first-order valence-corrected chi connectivity index (χ1v) is 4.26. The third kappa shape index (κ3) is 2.07. The molecular formula is C9H16N2. The lowest BCUT2D eigenvalue weighted by Crippen LogP contribution is -1.86. The number of aromatic amines is 1. The molecule has 0 aliphatic rings. The van der Waals surface area contributed by atoms with Crippen molar-refractivity contribution in [3.63, 3.8) is 0 Å². The van der Waals surface area contributed by atoms with Gasteiger partial charge in [-0.25, -0.2) is 4.98 Å². The van der Waals surface area contributed by atoms with Crippen molar-refractivity contribution >= 4 is 0 Å². The summed E-state index contributed by atoms with van der Waals surface area (Å²) in [7, 11) is 0. The Morgan fingerprint density at radius 3 is 2.55 bits per heavy atom. The fourth-order valence-electron chi connectivity index (χ4n) is 1.08. The van der Waals surface area contributed by atoms with E-state index in [2.05, 4.69) is 23.8 Å². The first-order chi connectivity index (χ1) is 5.24. The number of H-pyrrole nitrogens is 1. The van der Waals surface area contributed by atoms with Crippen LogP contribution in [-0.4, -0.2) is 9.97 Å². The monoisotopic (exact) mass is 152 g/mol. The molecule has 0 bridgehead atoms. The summed E-state index contributed by atoms with van der Waals surface area (Å²) in [4.78, 5) is 7.66. The molecule has 2 nitrogen and oxygen atoms in total. The molecule has 0 fully saturated rings. The van der Waals surface area contributed by atoms with Gasteiger partial charge in [0.1, 0.15) is 5.82 Å². The first kappa shape index (κ1) is 8.31. The summed E-state index contributed by atoms with van der Waals surface area (Å²) < 4.78 is 0. The maximum atomic E-state index is 4.39. The van der Waals surface area contributed by atoms with E-state index in [1.807, 2.05) is 6.92 Å². The van der Waals surface area contributed by atoms with Gasteiger partial charge in [0.2, 0.25) is 0 Å². The van der Waals surface area contributed by atoms with Gasteiger partial charge in [-0.3, -0.25) is 0 Å². The van der Waals surface area contributed by atoms with E-state index in [4.69, 9.17) is 0 Å². The maximum Gasteiger partial charge on any atom is 0.106 e. The molecular weight excluding hydrogens is 136 g/mol. The summed E-state index contributed by atoms with van der Waals surface area (Å²) in [5.74, 6) is 1.14. The predicted molar refractivity (Wildman–Crippen MR) is 46.7 cm³/mol. The Kier molecular flexibility index (Phi) is 2.69. The van der Waals surface area contributed by atoms with Crippen molar-refractivity contribution in [1.82, 2.24) is 9.97 Å². The number of aromatic nitrogens is 2. The van der Waals surface area contributed by atoms with E-state index in [-0.39, 0.29) is 0 Å². The smallest absolute Gasteiger partial charge is 0.106 e. The second-order valence-corrected chi connectivity index (χ2v) is 3.00. The summed E-state index contributed by atoms with van der Waals surface area (Å²) >= 11 is 0. The Bertz CT molecular complexity index is 206. The fourth-order valence-corrected chi connectivity index (χ4v) is 1.08. The molecule has 0 amide bonds. The summed E-state index contributed by atoms with van der Waals surface area (Å²) in [6.07, 6.45) is 3.55. The van der Waals surface area contributed by atoms with E-state index in [1.165, 1.54) is 18.5 Å². The van der Waals surface area contributed by atoms with E-state index in [0.717, 1.165) is 17.9 Å². The van der Waals surface area contributed by atoms with Crippen molar-refractivity contribution in [2.75, 3.05) is 0 Å². The lowest BCUT2D eigenvalue weighted by molar-refractivity contribution is 0.760. The lowest BCUT2D eigenvalue weighted by Gasteiger charge is -1.91. The molecule has 0 aliphatic heterocycles. The molecule has 2 heteroatoms. The Morgan fingerprint density at radius 2 is 2.09 bits per heavy atom. The van der Waals surface area contributed by atoms with Gasteiger partial charge in [-0.05, 0) is 20.3 Å². The summed E-state index contributed by atoms with van der Waals surface area (Å²) in [5, 5.41) is 0. The van der Waals surface area contributed by atoms with Crippen LogP contribution in [0.2, 0.25) is 0 Å². The van der Waals surface area contributed by atoms with Crippen molar-refractivity contribution in [3.05, 3.63) is 17.2 Å². The Balaban J connectivity index is 2.58. The molecule has 0 aromatic carbocycles. The minimum atomic E-state index is 1.09. The van der Waals surface area contributed by atoms with Crippen LogP contribution in [0, 0.1) is 13.8 Å². The zero-order valence-electron chi connectivity index (χ0n) is 7.57. The predicted octanol–water partition coefficient (Wildman–Crippen LogP) is 2.37. The SMILES string of the molecule is CCCCc1nc(C)c(C)[nH]1. The highest BCUT2D eigenvalue weighted by atomic mass is 14.9. The zero-order chi connectivity index (χ0) is 8.27. The van der Waals surface area contributed by atoms with Gasteiger partial charge in [0.25, 0.3) is 0 Å². The maximum absolute atomic E-state index is 4.39. The van der Waals surface area contributed by atoms with Crippen LogP contribution in [0.1, 0.15) is 37.0 Å². The van der Waals surface area contributed by atoms with Crippen molar-refractivity contribution in [1.29, 1.82) is 0 Å². The number of aryl methyl sites for hydroxylation is 3. The molecule has 0 saturated carbocycles. The number of nitrogens with zero attached hydrogens (tertiary/aromatic N) is 1.